The third-order valence-corrected chi connectivity index (χ3v) is 2.63. The zero-order valence-corrected chi connectivity index (χ0v) is 7.72. The second-order valence-corrected chi connectivity index (χ2v) is 3.66. The van der Waals surface area contributed by atoms with Crippen LogP contribution in [-0.4, -0.2) is 23.4 Å². The Morgan fingerprint density at radius 1 is 1.90 bits per heavy atom. The molecule has 0 radical (unpaired) electrons. The number of hydrogen-bond donors (Lipinski definition) is 1. The third-order valence-electron chi connectivity index (χ3n) is 0.914. The van der Waals surface area contributed by atoms with Crippen LogP contribution in [0, 0.1) is 5.92 Å². The van der Waals surface area contributed by atoms with E-state index in [0.717, 1.165) is 16.4 Å². The van der Waals surface area contributed by atoms with Gasteiger partial charge in [-0.2, -0.15) is 0 Å². The molecular formula is C6H11NOS2. The first-order chi connectivity index (χ1) is 4.70. The largest absolute Gasteiger partial charge is 0.374 e. The number of aldehydes is 1. The maximum absolute atomic E-state index is 10.1. The average molecular weight is 177 g/mol. The molecule has 0 spiro atoms. The highest BCUT2D eigenvalue weighted by molar-refractivity contribution is 8.22. The predicted octanol–water partition coefficient (Wildman–Crippen LogP) is 1.06. The summed E-state index contributed by atoms with van der Waals surface area (Å²) in [5.41, 5.74) is 0. The molecule has 1 unspecified atom stereocenters. The SMILES string of the molecule is CNC(=S)SCC(C)C=O. The topological polar surface area (TPSA) is 29.1 Å². The zero-order chi connectivity index (χ0) is 7.98. The van der Waals surface area contributed by atoms with Crippen LogP contribution in [0.4, 0.5) is 0 Å². The Balaban J connectivity index is 3.34. The molecule has 1 N–H and O–H groups in total. The Morgan fingerprint density at radius 2 is 2.50 bits per heavy atom. The van der Waals surface area contributed by atoms with Gasteiger partial charge in [-0.3, -0.25) is 0 Å². The number of carbonyl (C=O) groups excluding carboxylic acids is 1. The molecule has 0 aliphatic rings. The lowest BCUT2D eigenvalue weighted by atomic mass is 10.3. The minimum atomic E-state index is 0.0938. The lowest BCUT2D eigenvalue weighted by Gasteiger charge is -2.02. The third kappa shape index (κ3) is 4.76. The van der Waals surface area contributed by atoms with Crippen LogP contribution < -0.4 is 5.32 Å². The van der Waals surface area contributed by atoms with Crippen molar-refractivity contribution >= 4 is 34.6 Å². The van der Waals surface area contributed by atoms with Crippen LogP contribution in [0.25, 0.3) is 0 Å². The molecule has 10 heavy (non-hydrogen) atoms. The standard InChI is InChI=1S/C6H11NOS2/c1-5(3-8)4-10-6(9)7-2/h3,5H,4H2,1-2H3,(H,7,9). The summed E-state index contributed by atoms with van der Waals surface area (Å²) in [7, 11) is 1.78. The van der Waals surface area contributed by atoms with Gasteiger partial charge in [0.1, 0.15) is 10.6 Å². The summed E-state index contributed by atoms with van der Waals surface area (Å²) in [6.07, 6.45) is 0.936. The van der Waals surface area contributed by atoms with Gasteiger partial charge in [0.25, 0.3) is 0 Å². The van der Waals surface area contributed by atoms with E-state index < -0.39 is 0 Å². The predicted molar refractivity (Wildman–Crippen MR) is 49.3 cm³/mol. The van der Waals surface area contributed by atoms with Gasteiger partial charge in [0.2, 0.25) is 0 Å². The van der Waals surface area contributed by atoms with Crippen molar-refractivity contribution in [2.75, 3.05) is 12.8 Å². The molecule has 0 heterocycles. The summed E-state index contributed by atoms with van der Waals surface area (Å²) in [6, 6.07) is 0. The number of rotatable bonds is 3. The van der Waals surface area contributed by atoms with Crippen LogP contribution in [0.15, 0.2) is 0 Å². The molecule has 0 aromatic carbocycles. The molecule has 0 bridgehead atoms. The lowest BCUT2D eigenvalue weighted by Crippen LogP contribution is -2.13. The molecule has 0 aromatic heterocycles. The van der Waals surface area contributed by atoms with Crippen LogP contribution in [0.2, 0.25) is 0 Å². The Bertz CT molecular complexity index is 127. The van der Waals surface area contributed by atoms with Crippen molar-refractivity contribution in [3.63, 3.8) is 0 Å². The van der Waals surface area contributed by atoms with E-state index in [1.807, 2.05) is 6.92 Å². The Morgan fingerprint density at radius 3 is 2.90 bits per heavy atom. The van der Waals surface area contributed by atoms with Crippen molar-refractivity contribution in [3.05, 3.63) is 0 Å². The number of thiocarbonyl (C=S) groups is 1. The molecule has 0 amide bonds. The molecule has 0 rings (SSSR count). The van der Waals surface area contributed by atoms with Gasteiger partial charge in [0.05, 0.1) is 0 Å². The van der Waals surface area contributed by atoms with E-state index >= 15 is 0 Å². The minimum Gasteiger partial charge on any atom is -0.374 e. The van der Waals surface area contributed by atoms with E-state index in [4.69, 9.17) is 12.2 Å². The number of carbonyl (C=O) groups is 1. The van der Waals surface area contributed by atoms with E-state index in [1.54, 1.807) is 7.05 Å². The zero-order valence-electron chi connectivity index (χ0n) is 6.09. The van der Waals surface area contributed by atoms with Crippen molar-refractivity contribution < 1.29 is 4.79 Å². The second-order valence-electron chi connectivity index (χ2n) is 1.96. The van der Waals surface area contributed by atoms with Gasteiger partial charge in [-0.05, 0) is 0 Å². The maximum Gasteiger partial charge on any atom is 0.133 e. The number of hydrogen-bond acceptors (Lipinski definition) is 3. The highest BCUT2D eigenvalue weighted by atomic mass is 32.2. The Hall–Kier alpha value is -0.0900. The molecule has 2 nitrogen and oxygen atoms in total. The molecule has 1 atom stereocenters. The first-order valence-electron chi connectivity index (χ1n) is 3.00. The molecule has 0 aliphatic heterocycles. The van der Waals surface area contributed by atoms with E-state index in [0.29, 0.717) is 0 Å². The quantitative estimate of drug-likeness (QED) is 0.515. The van der Waals surface area contributed by atoms with Crippen molar-refractivity contribution in [1.29, 1.82) is 0 Å². The summed E-state index contributed by atoms with van der Waals surface area (Å²) in [5.74, 6) is 0.861. The van der Waals surface area contributed by atoms with Crippen molar-refractivity contribution in [3.8, 4) is 0 Å². The summed E-state index contributed by atoms with van der Waals surface area (Å²) >= 11 is 6.36. The monoisotopic (exact) mass is 177 g/mol. The van der Waals surface area contributed by atoms with Gasteiger partial charge in [-0.1, -0.05) is 30.9 Å². The van der Waals surface area contributed by atoms with Crippen molar-refractivity contribution in [2.45, 2.75) is 6.92 Å². The Labute approximate surface area is 70.8 Å². The second kappa shape index (κ2) is 5.68. The van der Waals surface area contributed by atoms with Crippen LogP contribution in [0.1, 0.15) is 6.92 Å². The summed E-state index contributed by atoms with van der Waals surface area (Å²) in [5, 5.41) is 2.82. The number of nitrogens with one attached hydrogen (secondary N) is 1. The fourth-order valence-corrected chi connectivity index (χ4v) is 1.16. The minimum absolute atomic E-state index is 0.0938. The fraction of sp³-hybridized carbons (Fsp3) is 0.667. The van der Waals surface area contributed by atoms with E-state index in [1.165, 1.54) is 11.8 Å². The molecule has 0 aromatic rings. The van der Waals surface area contributed by atoms with Crippen molar-refractivity contribution in [2.24, 2.45) is 5.92 Å². The molecule has 4 heteroatoms. The lowest BCUT2D eigenvalue weighted by molar-refractivity contribution is -0.110. The summed E-state index contributed by atoms with van der Waals surface area (Å²) in [4.78, 5) is 10.1. The van der Waals surface area contributed by atoms with Gasteiger partial charge in [-0.25, -0.2) is 0 Å². The smallest absolute Gasteiger partial charge is 0.133 e. The van der Waals surface area contributed by atoms with Crippen molar-refractivity contribution in [1.82, 2.24) is 5.32 Å². The van der Waals surface area contributed by atoms with Crippen LogP contribution >= 0.6 is 24.0 Å². The van der Waals surface area contributed by atoms with Crippen LogP contribution in [0.5, 0.6) is 0 Å². The fourth-order valence-electron chi connectivity index (χ4n) is 0.319. The van der Waals surface area contributed by atoms with E-state index in [9.17, 15) is 4.79 Å². The summed E-state index contributed by atoms with van der Waals surface area (Å²) < 4.78 is 0.744. The molecule has 0 saturated heterocycles. The highest BCUT2D eigenvalue weighted by Crippen LogP contribution is 2.06. The molecular weight excluding hydrogens is 166 g/mol. The van der Waals surface area contributed by atoms with Crippen LogP contribution in [-0.2, 0) is 4.79 Å². The highest BCUT2D eigenvalue weighted by Gasteiger charge is 2.00. The Kier molecular flexibility index (Phi) is 5.63. The molecule has 58 valence electrons. The molecule has 0 aliphatic carbocycles. The first-order valence-corrected chi connectivity index (χ1v) is 4.40. The first kappa shape index (κ1) is 9.91. The normalized spacial score (nSPS) is 12.2. The molecule has 0 saturated carbocycles. The van der Waals surface area contributed by atoms with E-state index in [-0.39, 0.29) is 5.92 Å². The van der Waals surface area contributed by atoms with Gasteiger partial charge in [0, 0.05) is 18.7 Å². The van der Waals surface area contributed by atoms with Gasteiger partial charge < -0.3 is 10.1 Å². The van der Waals surface area contributed by atoms with Gasteiger partial charge >= 0.3 is 0 Å². The van der Waals surface area contributed by atoms with Crippen LogP contribution in [0.3, 0.4) is 0 Å². The van der Waals surface area contributed by atoms with Gasteiger partial charge in [0.15, 0.2) is 0 Å². The van der Waals surface area contributed by atoms with Gasteiger partial charge in [-0.15, -0.1) is 0 Å². The van der Waals surface area contributed by atoms with E-state index in [2.05, 4.69) is 5.32 Å². The number of thioether (sulfide) groups is 1. The average Bonchev–Trinajstić information content (AvgIpc) is 1.99. The molecule has 0 fully saturated rings. The maximum atomic E-state index is 10.1. The summed E-state index contributed by atoms with van der Waals surface area (Å²) in [6.45, 7) is 1.87.